The van der Waals surface area contributed by atoms with E-state index in [1.807, 2.05) is 30.1 Å². The Hall–Kier alpha value is -2.03. The van der Waals surface area contributed by atoms with Crippen LogP contribution in [0.5, 0.6) is 0 Å². The maximum Gasteiger partial charge on any atom is 0.148 e. The van der Waals surface area contributed by atoms with E-state index < -0.39 is 0 Å². The van der Waals surface area contributed by atoms with Gasteiger partial charge in [-0.25, -0.2) is 4.39 Å². The summed E-state index contributed by atoms with van der Waals surface area (Å²) in [5.74, 6) is -0.371. The van der Waals surface area contributed by atoms with Crippen molar-refractivity contribution in [3.63, 3.8) is 0 Å². The largest absolute Gasteiger partial charge is 0.396 e. The zero-order valence-corrected chi connectivity index (χ0v) is 10.7. The molecule has 0 fully saturated rings. The number of anilines is 2. The van der Waals surface area contributed by atoms with Gasteiger partial charge in [0.1, 0.15) is 5.82 Å². The van der Waals surface area contributed by atoms with Crippen LogP contribution in [-0.2, 0) is 6.54 Å². The molecule has 0 unspecified atom stereocenters. The average molecular weight is 244 g/mol. The van der Waals surface area contributed by atoms with Crippen molar-refractivity contribution in [3.05, 3.63) is 59.4 Å². The highest BCUT2D eigenvalue weighted by molar-refractivity contribution is 5.54. The molecule has 18 heavy (non-hydrogen) atoms. The Morgan fingerprint density at radius 2 is 1.89 bits per heavy atom. The summed E-state index contributed by atoms with van der Waals surface area (Å²) in [6.45, 7) is 2.82. The first-order valence-electron chi connectivity index (χ1n) is 5.88. The van der Waals surface area contributed by atoms with Gasteiger partial charge in [0.2, 0.25) is 0 Å². The minimum atomic E-state index is -0.371. The van der Waals surface area contributed by atoms with Crippen LogP contribution in [0, 0.1) is 12.7 Å². The van der Waals surface area contributed by atoms with Crippen LogP contribution >= 0.6 is 0 Å². The monoisotopic (exact) mass is 244 g/mol. The van der Waals surface area contributed by atoms with Crippen molar-refractivity contribution < 1.29 is 4.39 Å². The van der Waals surface area contributed by atoms with Gasteiger partial charge < -0.3 is 10.6 Å². The molecule has 0 aromatic heterocycles. The summed E-state index contributed by atoms with van der Waals surface area (Å²) >= 11 is 0. The molecule has 0 radical (unpaired) electrons. The van der Waals surface area contributed by atoms with Crippen LogP contribution in [0.4, 0.5) is 15.8 Å². The molecule has 3 heteroatoms. The first kappa shape index (κ1) is 12.4. The smallest absolute Gasteiger partial charge is 0.148 e. The van der Waals surface area contributed by atoms with Gasteiger partial charge in [-0.1, -0.05) is 24.3 Å². The van der Waals surface area contributed by atoms with Crippen molar-refractivity contribution in [2.75, 3.05) is 17.7 Å². The number of rotatable bonds is 3. The van der Waals surface area contributed by atoms with Crippen molar-refractivity contribution in [1.29, 1.82) is 0 Å². The molecule has 0 spiro atoms. The highest BCUT2D eigenvalue weighted by Gasteiger charge is 2.06. The Morgan fingerprint density at radius 1 is 1.17 bits per heavy atom. The topological polar surface area (TPSA) is 29.3 Å². The normalized spacial score (nSPS) is 10.4. The van der Waals surface area contributed by atoms with Crippen LogP contribution in [0.2, 0.25) is 0 Å². The molecule has 0 aliphatic carbocycles. The van der Waals surface area contributed by atoms with Crippen molar-refractivity contribution in [2.45, 2.75) is 13.5 Å². The Bertz CT molecular complexity index is 552. The van der Waals surface area contributed by atoms with Crippen LogP contribution in [0.1, 0.15) is 11.1 Å². The highest BCUT2D eigenvalue weighted by atomic mass is 19.1. The number of halogens is 1. The molecule has 0 bridgehead atoms. The molecule has 2 aromatic carbocycles. The van der Waals surface area contributed by atoms with E-state index >= 15 is 0 Å². The molecule has 0 saturated heterocycles. The molecule has 2 rings (SSSR count). The number of nitrogen functional groups attached to an aromatic ring is 1. The van der Waals surface area contributed by atoms with Gasteiger partial charge >= 0.3 is 0 Å². The number of nitrogens with two attached hydrogens (primary N) is 1. The minimum absolute atomic E-state index is 0.183. The Kier molecular flexibility index (Phi) is 3.51. The van der Waals surface area contributed by atoms with E-state index in [-0.39, 0.29) is 11.5 Å². The molecule has 0 aliphatic heterocycles. The molecule has 0 saturated carbocycles. The van der Waals surface area contributed by atoms with Gasteiger partial charge in [-0.3, -0.25) is 0 Å². The number of aryl methyl sites for hydroxylation is 1. The summed E-state index contributed by atoms with van der Waals surface area (Å²) in [5, 5.41) is 0. The molecule has 2 nitrogen and oxygen atoms in total. The second-order valence-electron chi connectivity index (χ2n) is 4.49. The van der Waals surface area contributed by atoms with E-state index in [1.165, 1.54) is 17.2 Å². The highest BCUT2D eigenvalue weighted by Crippen LogP contribution is 2.21. The quantitative estimate of drug-likeness (QED) is 0.839. The molecule has 0 atom stereocenters. The number of hydrogen-bond acceptors (Lipinski definition) is 2. The lowest BCUT2D eigenvalue weighted by Crippen LogP contribution is -2.17. The first-order chi connectivity index (χ1) is 8.58. The third-order valence-corrected chi connectivity index (χ3v) is 3.09. The number of nitrogens with zero attached hydrogens (tertiary/aromatic N) is 1. The number of benzene rings is 2. The van der Waals surface area contributed by atoms with E-state index in [0.717, 1.165) is 12.2 Å². The van der Waals surface area contributed by atoms with Crippen LogP contribution in [0.3, 0.4) is 0 Å². The standard InChI is InChI=1S/C15H17FN2/c1-11-5-3-4-6-12(11)10-18(2)13-7-8-15(17)14(16)9-13/h3-9H,10,17H2,1-2H3. The van der Waals surface area contributed by atoms with E-state index in [2.05, 4.69) is 19.1 Å². The predicted octanol–water partition coefficient (Wildman–Crippen LogP) is 3.35. The zero-order chi connectivity index (χ0) is 13.1. The molecule has 2 aromatic rings. The van der Waals surface area contributed by atoms with E-state index in [1.54, 1.807) is 6.07 Å². The average Bonchev–Trinajstić information content (AvgIpc) is 2.35. The zero-order valence-electron chi connectivity index (χ0n) is 10.7. The van der Waals surface area contributed by atoms with Gasteiger partial charge in [-0.05, 0) is 36.2 Å². The fourth-order valence-corrected chi connectivity index (χ4v) is 1.89. The Labute approximate surface area is 107 Å². The maximum atomic E-state index is 13.4. The van der Waals surface area contributed by atoms with Crippen molar-refractivity contribution in [1.82, 2.24) is 0 Å². The molecular weight excluding hydrogens is 227 g/mol. The fraction of sp³-hybridized carbons (Fsp3) is 0.200. The lowest BCUT2D eigenvalue weighted by Gasteiger charge is -2.20. The molecule has 0 amide bonds. The van der Waals surface area contributed by atoms with Gasteiger partial charge in [0.15, 0.2) is 0 Å². The predicted molar refractivity (Wildman–Crippen MR) is 74.1 cm³/mol. The Balaban J connectivity index is 2.19. The fourth-order valence-electron chi connectivity index (χ4n) is 1.89. The first-order valence-corrected chi connectivity index (χ1v) is 5.88. The second-order valence-corrected chi connectivity index (χ2v) is 4.49. The third-order valence-electron chi connectivity index (χ3n) is 3.09. The second kappa shape index (κ2) is 5.08. The van der Waals surface area contributed by atoms with Crippen LogP contribution in [0.15, 0.2) is 42.5 Å². The molecule has 0 aliphatic rings. The summed E-state index contributed by atoms with van der Waals surface area (Å²) in [5.41, 5.74) is 8.95. The lowest BCUT2D eigenvalue weighted by atomic mass is 10.1. The third kappa shape index (κ3) is 2.62. The van der Waals surface area contributed by atoms with Gasteiger partial charge in [-0.15, -0.1) is 0 Å². The van der Waals surface area contributed by atoms with Gasteiger partial charge in [-0.2, -0.15) is 0 Å². The van der Waals surface area contributed by atoms with E-state index in [9.17, 15) is 4.39 Å². The summed E-state index contributed by atoms with van der Waals surface area (Å²) < 4.78 is 13.4. The van der Waals surface area contributed by atoms with Gasteiger partial charge in [0.05, 0.1) is 5.69 Å². The van der Waals surface area contributed by atoms with Crippen LogP contribution in [-0.4, -0.2) is 7.05 Å². The number of hydrogen-bond donors (Lipinski definition) is 1. The summed E-state index contributed by atoms with van der Waals surface area (Å²) in [7, 11) is 1.94. The van der Waals surface area contributed by atoms with E-state index in [0.29, 0.717) is 0 Å². The SMILES string of the molecule is Cc1ccccc1CN(C)c1ccc(N)c(F)c1. The summed E-state index contributed by atoms with van der Waals surface area (Å²) in [4.78, 5) is 2.00. The summed E-state index contributed by atoms with van der Waals surface area (Å²) in [6, 6.07) is 13.1. The van der Waals surface area contributed by atoms with Crippen molar-refractivity contribution in [2.24, 2.45) is 0 Å². The maximum absolute atomic E-state index is 13.4. The van der Waals surface area contributed by atoms with Crippen molar-refractivity contribution >= 4 is 11.4 Å². The lowest BCUT2D eigenvalue weighted by molar-refractivity contribution is 0.632. The van der Waals surface area contributed by atoms with E-state index in [4.69, 9.17) is 5.73 Å². The minimum Gasteiger partial charge on any atom is -0.396 e. The summed E-state index contributed by atoms with van der Waals surface area (Å²) in [6.07, 6.45) is 0. The molecular formula is C15H17FN2. The van der Waals surface area contributed by atoms with Crippen LogP contribution < -0.4 is 10.6 Å². The van der Waals surface area contributed by atoms with Gasteiger partial charge in [0, 0.05) is 19.3 Å². The van der Waals surface area contributed by atoms with Crippen molar-refractivity contribution in [3.8, 4) is 0 Å². The molecule has 94 valence electrons. The van der Waals surface area contributed by atoms with Gasteiger partial charge in [0.25, 0.3) is 0 Å². The molecule has 2 N–H and O–H groups in total. The Morgan fingerprint density at radius 3 is 2.56 bits per heavy atom. The van der Waals surface area contributed by atoms with Crippen LogP contribution in [0.25, 0.3) is 0 Å². The molecule has 0 heterocycles.